The first-order valence-electron chi connectivity index (χ1n) is 9.61. The molecule has 1 heterocycles. The van der Waals surface area contributed by atoms with Crippen LogP contribution in [-0.4, -0.2) is 18.4 Å². The lowest BCUT2D eigenvalue weighted by Gasteiger charge is -2.17. The van der Waals surface area contributed by atoms with Crippen molar-refractivity contribution < 1.29 is 8.42 Å². The number of H-pyrrole nitrogens is 1. The van der Waals surface area contributed by atoms with Crippen molar-refractivity contribution in [1.82, 2.24) is 14.7 Å². The average molecular weight is 414 g/mol. The summed E-state index contributed by atoms with van der Waals surface area (Å²) in [6, 6.07) is 29.3. The second-order valence-electron chi connectivity index (χ2n) is 7.11. The summed E-state index contributed by atoms with van der Waals surface area (Å²) in [5.41, 5.74) is 2.46. The molecule has 30 heavy (non-hydrogen) atoms. The number of aromatic amines is 1. The van der Waals surface area contributed by atoms with Crippen LogP contribution in [0.1, 0.15) is 17.4 Å². The van der Waals surface area contributed by atoms with Gasteiger partial charge >= 0.3 is 0 Å². The maximum absolute atomic E-state index is 13.3. The predicted octanol–water partition coefficient (Wildman–Crippen LogP) is 4.78. The normalized spacial score (nSPS) is 12.9. The number of fused-ring (bicyclic) bond motifs is 2. The zero-order valence-corrected chi connectivity index (χ0v) is 16.8. The Balaban J connectivity index is 1.58. The lowest BCUT2D eigenvalue weighted by molar-refractivity contribution is 0.568. The Bertz CT molecular complexity index is 1410. The van der Waals surface area contributed by atoms with E-state index >= 15 is 0 Å². The van der Waals surface area contributed by atoms with E-state index < -0.39 is 16.1 Å². The van der Waals surface area contributed by atoms with E-state index in [0.717, 1.165) is 27.4 Å². The SMILES string of the molecule is O=S(=O)(NC(c1ccccc1)c1nc2ccccc2[nH]1)c1ccc2ccccc2c1. The fraction of sp³-hybridized carbons (Fsp3) is 0.0417. The van der Waals surface area contributed by atoms with Crippen molar-refractivity contribution in [2.45, 2.75) is 10.9 Å². The van der Waals surface area contributed by atoms with Crippen molar-refractivity contribution in [3.05, 3.63) is 108 Å². The molecular formula is C24H19N3O2S. The largest absolute Gasteiger partial charge is 0.340 e. The smallest absolute Gasteiger partial charge is 0.241 e. The van der Waals surface area contributed by atoms with Crippen LogP contribution >= 0.6 is 0 Å². The number of rotatable bonds is 5. The standard InChI is InChI=1S/C24H19N3O2S/c28-30(29,20-15-14-17-8-4-5-11-19(17)16-20)27-23(18-9-2-1-3-10-18)24-25-21-12-6-7-13-22(21)26-24/h1-16,23,27H,(H,25,26). The molecule has 0 radical (unpaired) electrons. The van der Waals surface area contributed by atoms with E-state index in [-0.39, 0.29) is 4.90 Å². The van der Waals surface area contributed by atoms with Crippen molar-refractivity contribution in [2.24, 2.45) is 0 Å². The van der Waals surface area contributed by atoms with E-state index in [0.29, 0.717) is 5.82 Å². The maximum Gasteiger partial charge on any atom is 0.241 e. The molecule has 5 rings (SSSR count). The monoisotopic (exact) mass is 413 g/mol. The van der Waals surface area contributed by atoms with Gasteiger partial charge in [0.15, 0.2) is 0 Å². The summed E-state index contributed by atoms with van der Waals surface area (Å²) in [5.74, 6) is 0.548. The van der Waals surface area contributed by atoms with Crippen LogP contribution in [0.3, 0.4) is 0 Å². The number of sulfonamides is 1. The van der Waals surface area contributed by atoms with Gasteiger partial charge in [-0.15, -0.1) is 0 Å². The highest BCUT2D eigenvalue weighted by molar-refractivity contribution is 7.89. The average Bonchev–Trinajstić information content (AvgIpc) is 3.22. The molecule has 2 N–H and O–H groups in total. The van der Waals surface area contributed by atoms with Crippen molar-refractivity contribution in [2.75, 3.05) is 0 Å². The second-order valence-corrected chi connectivity index (χ2v) is 8.83. The molecule has 4 aromatic carbocycles. The van der Waals surface area contributed by atoms with Crippen LogP contribution in [0.5, 0.6) is 0 Å². The van der Waals surface area contributed by atoms with Crippen molar-refractivity contribution in [3.63, 3.8) is 0 Å². The zero-order valence-electron chi connectivity index (χ0n) is 16.0. The Hall–Kier alpha value is -3.48. The fourth-order valence-corrected chi connectivity index (χ4v) is 4.82. The molecule has 148 valence electrons. The molecule has 0 aliphatic heterocycles. The predicted molar refractivity (Wildman–Crippen MR) is 119 cm³/mol. The molecule has 0 bridgehead atoms. The molecule has 0 saturated carbocycles. The van der Waals surface area contributed by atoms with Crippen LogP contribution in [0.25, 0.3) is 21.8 Å². The van der Waals surface area contributed by atoms with Gasteiger partial charge in [0.25, 0.3) is 0 Å². The molecule has 6 heteroatoms. The first kappa shape index (κ1) is 18.5. The van der Waals surface area contributed by atoms with Crippen molar-refractivity contribution in [3.8, 4) is 0 Å². The van der Waals surface area contributed by atoms with Gasteiger partial charge in [-0.25, -0.2) is 13.4 Å². The lowest BCUT2D eigenvalue weighted by atomic mass is 10.1. The number of hydrogen-bond acceptors (Lipinski definition) is 3. The maximum atomic E-state index is 13.3. The minimum atomic E-state index is -3.79. The molecule has 1 atom stereocenters. The van der Waals surface area contributed by atoms with E-state index in [9.17, 15) is 8.42 Å². The highest BCUT2D eigenvalue weighted by Gasteiger charge is 2.25. The summed E-state index contributed by atoms with van der Waals surface area (Å²) in [4.78, 5) is 8.12. The molecule has 1 unspecified atom stereocenters. The Morgan fingerprint density at radius 3 is 2.27 bits per heavy atom. The quantitative estimate of drug-likeness (QED) is 0.435. The molecule has 0 aliphatic rings. The van der Waals surface area contributed by atoms with Gasteiger partial charge in [0.05, 0.1) is 15.9 Å². The van der Waals surface area contributed by atoms with Gasteiger partial charge < -0.3 is 4.98 Å². The van der Waals surface area contributed by atoms with Crippen LogP contribution in [0.4, 0.5) is 0 Å². The molecule has 5 nitrogen and oxygen atoms in total. The lowest BCUT2D eigenvalue weighted by Crippen LogP contribution is -2.30. The van der Waals surface area contributed by atoms with Gasteiger partial charge in [-0.3, -0.25) is 0 Å². The highest BCUT2D eigenvalue weighted by atomic mass is 32.2. The third-order valence-electron chi connectivity index (χ3n) is 5.12. The van der Waals surface area contributed by atoms with Crippen LogP contribution < -0.4 is 4.72 Å². The minimum absolute atomic E-state index is 0.221. The number of hydrogen-bond donors (Lipinski definition) is 2. The van der Waals surface area contributed by atoms with Gasteiger partial charge in [0.1, 0.15) is 11.9 Å². The zero-order chi connectivity index (χ0) is 20.6. The molecule has 1 aromatic heterocycles. The minimum Gasteiger partial charge on any atom is -0.340 e. The molecule has 0 fully saturated rings. The highest BCUT2D eigenvalue weighted by Crippen LogP contribution is 2.26. The summed E-state index contributed by atoms with van der Waals surface area (Å²) in [6.07, 6.45) is 0. The van der Waals surface area contributed by atoms with E-state index in [4.69, 9.17) is 0 Å². The number of imidazole rings is 1. The van der Waals surface area contributed by atoms with Crippen molar-refractivity contribution in [1.29, 1.82) is 0 Å². The Morgan fingerprint density at radius 2 is 1.47 bits per heavy atom. The van der Waals surface area contributed by atoms with Gasteiger partial charge in [0.2, 0.25) is 10.0 Å². The van der Waals surface area contributed by atoms with Crippen LogP contribution in [-0.2, 0) is 10.0 Å². The van der Waals surface area contributed by atoms with E-state index in [2.05, 4.69) is 14.7 Å². The first-order valence-corrected chi connectivity index (χ1v) is 11.1. The third-order valence-corrected chi connectivity index (χ3v) is 6.54. The summed E-state index contributed by atoms with van der Waals surface area (Å²) in [6.45, 7) is 0. The molecular weight excluding hydrogens is 394 g/mol. The summed E-state index contributed by atoms with van der Waals surface area (Å²) in [5, 5.41) is 1.87. The van der Waals surface area contributed by atoms with E-state index in [1.54, 1.807) is 12.1 Å². The van der Waals surface area contributed by atoms with Gasteiger partial charge in [0, 0.05) is 0 Å². The Labute approximate surface area is 174 Å². The number of nitrogens with one attached hydrogen (secondary N) is 2. The van der Waals surface area contributed by atoms with Crippen molar-refractivity contribution >= 4 is 31.8 Å². The van der Waals surface area contributed by atoms with Crippen LogP contribution in [0.15, 0.2) is 102 Å². The fourth-order valence-electron chi connectivity index (χ4n) is 3.59. The first-order chi connectivity index (χ1) is 14.6. The number of aromatic nitrogens is 2. The van der Waals surface area contributed by atoms with Gasteiger partial charge in [-0.2, -0.15) is 4.72 Å². The molecule has 5 aromatic rings. The third kappa shape index (κ3) is 3.47. The summed E-state index contributed by atoms with van der Waals surface area (Å²) in [7, 11) is -3.79. The van der Waals surface area contributed by atoms with Crippen LogP contribution in [0.2, 0.25) is 0 Å². The molecule has 0 aliphatic carbocycles. The Kier molecular flexibility index (Phi) is 4.58. The van der Waals surface area contributed by atoms with E-state index in [1.165, 1.54) is 0 Å². The van der Waals surface area contributed by atoms with Gasteiger partial charge in [-0.05, 0) is 40.6 Å². The second kappa shape index (κ2) is 7.40. The molecule has 0 amide bonds. The number of nitrogens with zero attached hydrogens (tertiary/aromatic N) is 1. The molecule has 0 spiro atoms. The number of para-hydroxylation sites is 2. The van der Waals surface area contributed by atoms with E-state index in [1.807, 2.05) is 84.9 Å². The molecule has 0 saturated heterocycles. The van der Waals surface area contributed by atoms with Gasteiger partial charge in [-0.1, -0.05) is 72.8 Å². The number of benzene rings is 4. The topological polar surface area (TPSA) is 74.8 Å². The van der Waals surface area contributed by atoms with Crippen LogP contribution in [0, 0.1) is 0 Å². The summed E-state index contributed by atoms with van der Waals surface area (Å²) >= 11 is 0. The summed E-state index contributed by atoms with van der Waals surface area (Å²) < 4.78 is 29.4. The Morgan fingerprint density at radius 1 is 0.767 bits per heavy atom.